The van der Waals surface area contributed by atoms with Crippen molar-refractivity contribution in [2.45, 2.75) is 32.4 Å². The Balaban J connectivity index is 1.46. The van der Waals surface area contributed by atoms with Gasteiger partial charge >= 0.3 is 0 Å². The number of nitrogens with one attached hydrogen (secondary N) is 1. The van der Waals surface area contributed by atoms with Crippen LogP contribution >= 0.6 is 0 Å². The molecule has 0 spiro atoms. The summed E-state index contributed by atoms with van der Waals surface area (Å²) in [5.41, 5.74) is 2.14. The van der Waals surface area contributed by atoms with Crippen molar-refractivity contribution in [2.24, 2.45) is 0 Å². The quantitative estimate of drug-likeness (QED) is 0.621. The van der Waals surface area contributed by atoms with Gasteiger partial charge in [-0.2, -0.15) is 0 Å². The van der Waals surface area contributed by atoms with Crippen LogP contribution in [-0.2, 0) is 6.54 Å². The van der Waals surface area contributed by atoms with Gasteiger partial charge in [-0.15, -0.1) is 0 Å². The molecule has 0 aliphatic carbocycles. The molecular weight excluding hydrogens is 425 g/mol. The third-order valence-electron chi connectivity index (χ3n) is 5.61. The topological polar surface area (TPSA) is 97.3 Å². The number of halogens is 1. The van der Waals surface area contributed by atoms with E-state index in [1.54, 1.807) is 36.1 Å². The van der Waals surface area contributed by atoms with Crippen LogP contribution in [0.1, 0.15) is 56.7 Å². The van der Waals surface area contributed by atoms with Crippen molar-refractivity contribution in [2.75, 3.05) is 13.7 Å². The van der Waals surface area contributed by atoms with Gasteiger partial charge < -0.3 is 15.0 Å². The number of carbonyl (C=O) groups is 2. The van der Waals surface area contributed by atoms with Gasteiger partial charge in [0.1, 0.15) is 5.82 Å². The van der Waals surface area contributed by atoms with Crippen LogP contribution in [0.2, 0.25) is 0 Å². The number of pyridine rings is 1. The van der Waals surface area contributed by atoms with E-state index in [2.05, 4.69) is 20.3 Å². The second kappa shape index (κ2) is 9.72. The Hall–Kier alpha value is -3.88. The monoisotopic (exact) mass is 449 g/mol. The first-order chi connectivity index (χ1) is 16.0. The van der Waals surface area contributed by atoms with Gasteiger partial charge in [-0.25, -0.2) is 19.3 Å². The minimum absolute atomic E-state index is 0.143. The van der Waals surface area contributed by atoms with Gasteiger partial charge in [-0.1, -0.05) is 12.1 Å². The van der Waals surface area contributed by atoms with Crippen LogP contribution in [0.3, 0.4) is 0 Å². The maximum atomic E-state index is 13.0. The van der Waals surface area contributed by atoms with E-state index < -0.39 is 0 Å². The predicted molar refractivity (Wildman–Crippen MR) is 118 cm³/mol. The molecule has 3 heterocycles. The molecule has 1 aromatic carbocycles. The lowest BCUT2D eigenvalue weighted by Crippen LogP contribution is -2.32. The summed E-state index contributed by atoms with van der Waals surface area (Å²) in [4.78, 5) is 40.4. The van der Waals surface area contributed by atoms with Crippen molar-refractivity contribution in [1.29, 1.82) is 0 Å². The van der Waals surface area contributed by atoms with Crippen molar-refractivity contribution < 1.29 is 18.7 Å². The van der Waals surface area contributed by atoms with Crippen LogP contribution in [-0.4, -0.2) is 45.3 Å². The third kappa shape index (κ3) is 4.97. The number of hydrogen-bond donors (Lipinski definition) is 1. The minimum Gasteiger partial charge on any atom is -0.481 e. The molecule has 2 amide bonds. The molecule has 8 nitrogen and oxygen atoms in total. The van der Waals surface area contributed by atoms with Crippen LogP contribution in [0.15, 0.2) is 48.8 Å². The standard InChI is InChI=1S/C24H24FN5O3/c1-15-19(23(31)28-12-16-5-8-18(25)9-6-16)14-27-22(29-15)20-4-3-11-30(20)24(32)17-7-10-21(33-2)26-13-17/h5-10,13-14,20H,3-4,11-12H2,1-2H3,(H,28,31)/t20-/m0/s1. The Morgan fingerprint density at radius 3 is 2.61 bits per heavy atom. The molecule has 2 aromatic heterocycles. The van der Waals surface area contributed by atoms with Crippen LogP contribution in [0.5, 0.6) is 5.88 Å². The lowest BCUT2D eigenvalue weighted by Gasteiger charge is -2.24. The Morgan fingerprint density at radius 2 is 1.94 bits per heavy atom. The molecule has 0 saturated carbocycles. The number of ether oxygens (including phenoxy) is 1. The zero-order valence-corrected chi connectivity index (χ0v) is 18.4. The molecule has 170 valence electrons. The first-order valence-electron chi connectivity index (χ1n) is 10.6. The normalized spacial score (nSPS) is 15.4. The number of methoxy groups -OCH3 is 1. The Bertz CT molecular complexity index is 1150. The number of aryl methyl sites for hydroxylation is 1. The number of likely N-dealkylation sites (tertiary alicyclic amines) is 1. The average molecular weight is 449 g/mol. The summed E-state index contributed by atoms with van der Waals surface area (Å²) >= 11 is 0. The molecule has 1 atom stereocenters. The lowest BCUT2D eigenvalue weighted by atomic mass is 10.1. The first-order valence-corrected chi connectivity index (χ1v) is 10.6. The van der Waals surface area contributed by atoms with E-state index in [0.717, 1.165) is 18.4 Å². The fourth-order valence-corrected chi connectivity index (χ4v) is 3.82. The number of carbonyl (C=O) groups excluding carboxylic acids is 2. The van der Waals surface area contributed by atoms with Gasteiger partial charge in [0.15, 0.2) is 5.82 Å². The maximum Gasteiger partial charge on any atom is 0.256 e. The number of nitrogens with zero attached hydrogens (tertiary/aromatic N) is 4. The smallest absolute Gasteiger partial charge is 0.256 e. The average Bonchev–Trinajstić information content (AvgIpc) is 3.33. The molecule has 9 heteroatoms. The van der Waals surface area contributed by atoms with E-state index in [1.165, 1.54) is 31.6 Å². The number of hydrogen-bond acceptors (Lipinski definition) is 6. The zero-order valence-electron chi connectivity index (χ0n) is 18.4. The zero-order chi connectivity index (χ0) is 23.4. The van der Waals surface area contributed by atoms with Gasteiger partial charge in [0.05, 0.1) is 30.0 Å². The van der Waals surface area contributed by atoms with E-state index in [4.69, 9.17) is 4.74 Å². The summed E-state index contributed by atoms with van der Waals surface area (Å²) in [6.07, 6.45) is 4.57. The summed E-state index contributed by atoms with van der Waals surface area (Å²) < 4.78 is 18.1. The fraction of sp³-hybridized carbons (Fsp3) is 0.292. The molecule has 0 radical (unpaired) electrons. The molecule has 1 fully saturated rings. The number of benzene rings is 1. The van der Waals surface area contributed by atoms with Crippen LogP contribution in [0.25, 0.3) is 0 Å². The highest BCUT2D eigenvalue weighted by molar-refractivity contribution is 5.95. The Labute approximate surface area is 190 Å². The molecule has 0 unspecified atom stereocenters. The maximum absolute atomic E-state index is 13.0. The molecule has 3 aromatic rings. The van der Waals surface area contributed by atoms with Crippen LogP contribution < -0.4 is 10.1 Å². The van der Waals surface area contributed by atoms with Crippen molar-refractivity contribution in [3.8, 4) is 5.88 Å². The summed E-state index contributed by atoms with van der Waals surface area (Å²) in [5.74, 6) is 0.168. The molecule has 33 heavy (non-hydrogen) atoms. The first kappa shape index (κ1) is 22.3. The van der Waals surface area contributed by atoms with Crippen molar-refractivity contribution in [3.05, 3.63) is 82.8 Å². The highest BCUT2D eigenvalue weighted by atomic mass is 19.1. The summed E-state index contributed by atoms with van der Waals surface area (Å²) in [6.45, 7) is 2.60. The SMILES string of the molecule is COc1ccc(C(=O)N2CCC[C@H]2c2ncc(C(=O)NCc3ccc(F)cc3)c(C)n2)cn1. The van der Waals surface area contributed by atoms with Crippen molar-refractivity contribution >= 4 is 11.8 Å². The van der Waals surface area contributed by atoms with E-state index in [-0.39, 0.29) is 30.2 Å². The highest BCUT2D eigenvalue weighted by Gasteiger charge is 2.33. The van der Waals surface area contributed by atoms with Crippen molar-refractivity contribution in [1.82, 2.24) is 25.2 Å². The van der Waals surface area contributed by atoms with Gasteiger partial charge in [-0.05, 0) is 43.5 Å². The molecule has 4 rings (SSSR count). The predicted octanol–water partition coefficient (Wildman–Crippen LogP) is 3.24. The van der Waals surface area contributed by atoms with Crippen molar-refractivity contribution in [3.63, 3.8) is 0 Å². The molecule has 0 bridgehead atoms. The second-order valence-electron chi connectivity index (χ2n) is 7.78. The molecule has 1 aliphatic rings. The largest absolute Gasteiger partial charge is 0.481 e. The van der Waals surface area contributed by atoms with Gasteiger partial charge in [-0.3, -0.25) is 9.59 Å². The van der Waals surface area contributed by atoms with Crippen LogP contribution in [0, 0.1) is 12.7 Å². The number of aromatic nitrogens is 3. The second-order valence-corrected chi connectivity index (χ2v) is 7.78. The van der Waals surface area contributed by atoms with Gasteiger partial charge in [0.25, 0.3) is 11.8 Å². The molecule has 1 N–H and O–H groups in total. The number of rotatable bonds is 6. The fourth-order valence-electron chi connectivity index (χ4n) is 3.82. The highest BCUT2D eigenvalue weighted by Crippen LogP contribution is 2.31. The van der Waals surface area contributed by atoms with E-state index in [1.807, 2.05) is 0 Å². The van der Waals surface area contributed by atoms with Crippen LogP contribution in [0.4, 0.5) is 4.39 Å². The minimum atomic E-state index is -0.326. The molecule has 1 saturated heterocycles. The van der Waals surface area contributed by atoms with E-state index >= 15 is 0 Å². The Kier molecular flexibility index (Phi) is 6.58. The summed E-state index contributed by atoms with van der Waals surface area (Å²) in [7, 11) is 1.52. The Morgan fingerprint density at radius 1 is 1.15 bits per heavy atom. The summed E-state index contributed by atoms with van der Waals surface area (Å²) in [6, 6.07) is 9.00. The molecular formula is C24H24FN5O3. The van der Waals surface area contributed by atoms with Gasteiger partial charge in [0, 0.05) is 31.5 Å². The van der Waals surface area contributed by atoms with E-state index in [9.17, 15) is 14.0 Å². The van der Waals surface area contributed by atoms with E-state index in [0.29, 0.717) is 35.1 Å². The molecule has 1 aliphatic heterocycles. The summed E-state index contributed by atoms with van der Waals surface area (Å²) in [5, 5.41) is 2.80. The third-order valence-corrected chi connectivity index (χ3v) is 5.61. The lowest BCUT2D eigenvalue weighted by molar-refractivity contribution is 0.0728. The van der Waals surface area contributed by atoms with Gasteiger partial charge in [0.2, 0.25) is 5.88 Å². The number of amides is 2.